The third-order valence-electron chi connectivity index (χ3n) is 4.20. The molecule has 2 atom stereocenters. The summed E-state index contributed by atoms with van der Waals surface area (Å²) in [5, 5.41) is 12.1. The Morgan fingerprint density at radius 1 is 1.11 bits per heavy atom. The standard InChI is InChI=1S/C13H21N5/c1-9-10(2)16-17-13(15-9)18-8-4-6-12(18)11-5-3-7-14-11/h11-12,14H,3-8H2,1-2H3. The lowest BCUT2D eigenvalue weighted by Gasteiger charge is -2.29. The van der Waals surface area contributed by atoms with Crippen molar-refractivity contribution in [3.63, 3.8) is 0 Å². The van der Waals surface area contributed by atoms with E-state index in [9.17, 15) is 0 Å². The second-order valence-corrected chi connectivity index (χ2v) is 5.39. The van der Waals surface area contributed by atoms with E-state index in [-0.39, 0.29) is 0 Å². The average Bonchev–Trinajstić information content (AvgIpc) is 3.00. The van der Waals surface area contributed by atoms with Gasteiger partial charge in [0.1, 0.15) is 0 Å². The summed E-state index contributed by atoms with van der Waals surface area (Å²) in [4.78, 5) is 6.95. The number of rotatable bonds is 2. The molecule has 2 unspecified atom stereocenters. The molecule has 5 nitrogen and oxygen atoms in total. The number of nitrogens with one attached hydrogen (secondary N) is 1. The molecule has 18 heavy (non-hydrogen) atoms. The quantitative estimate of drug-likeness (QED) is 0.851. The lowest BCUT2D eigenvalue weighted by Crippen LogP contribution is -2.44. The summed E-state index contributed by atoms with van der Waals surface area (Å²) in [5.74, 6) is 0.814. The Balaban J connectivity index is 1.82. The molecule has 0 radical (unpaired) electrons. The van der Waals surface area contributed by atoms with Gasteiger partial charge in [-0.2, -0.15) is 5.10 Å². The molecular weight excluding hydrogens is 226 g/mol. The molecule has 3 heterocycles. The van der Waals surface area contributed by atoms with Crippen molar-refractivity contribution in [2.45, 2.75) is 51.6 Å². The van der Waals surface area contributed by atoms with Gasteiger partial charge in [0.05, 0.1) is 11.4 Å². The van der Waals surface area contributed by atoms with Gasteiger partial charge < -0.3 is 10.2 Å². The van der Waals surface area contributed by atoms with Crippen LogP contribution < -0.4 is 10.2 Å². The summed E-state index contributed by atoms with van der Waals surface area (Å²) in [6, 6.07) is 1.16. The molecule has 0 spiro atoms. The zero-order valence-corrected chi connectivity index (χ0v) is 11.2. The Labute approximate surface area is 108 Å². The van der Waals surface area contributed by atoms with Crippen molar-refractivity contribution < 1.29 is 0 Å². The van der Waals surface area contributed by atoms with Crippen molar-refractivity contribution in [1.82, 2.24) is 20.5 Å². The molecule has 0 aliphatic carbocycles. The van der Waals surface area contributed by atoms with Crippen molar-refractivity contribution in [2.24, 2.45) is 0 Å². The molecule has 1 aromatic heterocycles. The molecule has 0 saturated carbocycles. The smallest absolute Gasteiger partial charge is 0.245 e. The summed E-state index contributed by atoms with van der Waals surface area (Å²) in [6.45, 7) is 6.18. The second kappa shape index (κ2) is 4.80. The Bertz CT molecular complexity index is 427. The monoisotopic (exact) mass is 247 g/mol. The lowest BCUT2D eigenvalue weighted by molar-refractivity contribution is 0.477. The van der Waals surface area contributed by atoms with Crippen LogP contribution in [0.3, 0.4) is 0 Å². The number of aryl methyl sites for hydroxylation is 2. The van der Waals surface area contributed by atoms with Gasteiger partial charge in [0.25, 0.3) is 0 Å². The van der Waals surface area contributed by atoms with E-state index in [2.05, 4.69) is 25.4 Å². The molecule has 5 heteroatoms. The van der Waals surface area contributed by atoms with E-state index in [0.29, 0.717) is 12.1 Å². The van der Waals surface area contributed by atoms with Crippen molar-refractivity contribution in [3.8, 4) is 0 Å². The normalized spacial score (nSPS) is 28.0. The summed E-state index contributed by atoms with van der Waals surface area (Å²) in [6.07, 6.45) is 5.05. The zero-order chi connectivity index (χ0) is 12.5. The maximum Gasteiger partial charge on any atom is 0.245 e. The van der Waals surface area contributed by atoms with Crippen LogP contribution in [0.4, 0.5) is 5.95 Å². The highest BCUT2D eigenvalue weighted by molar-refractivity contribution is 5.34. The third kappa shape index (κ3) is 2.07. The average molecular weight is 247 g/mol. The molecular formula is C13H21N5. The van der Waals surface area contributed by atoms with Crippen molar-refractivity contribution in [1.29, 1.82) is 0 Å². The number of nitrogens with zero attached hydrogens (tertiary/aromatic N) is 4. The number of hydrogen-bond acceptors (Lipinski definition) is 5. The van der Waals surface area contributed by atoms with Crippen LogP contribution in [0.2, 0.25) is 0 Å². The first kappa shape index (κ1) is 11.8. The van der Waals surface area contributed by atoms with E-state index in [0.717, 1.165) is 30.4 Å². The van der Waals surface area contributed by atoms with Crippen LogP contribution in [-0.2, 0) is 0 Å². The predicted octanol–water partition coefficient (Wildman–Crippen LogP) is 1.21. The van der Waals surface area contributed by atoms with E-state index >= 15 is 0 Å². The SMILES string of the molecule is Cc1nnc(N2CCCC2C2CCCN2)nc1C. The zero-order valence-electron chi connectivity index (χ0n) is 11.2. The molecule has 2 saturated heterocycles. The lowest BCUT2D eigenvalue weighted by atomic mass is 10.0. The van der Waals surface area contributed by atoms with E-state index in [4.69, 9.17) is 0 Å². The van der Waals surface area contributed by atoms with Gasteiger partial charge in [-0.05, 0) is 46.1 Å². The molecule has 98 valence electrons. The van der Waals surface area contributed by atoms with Crippen LogP contribution in [0.15, 0.2) is 0 Å². The third-order valence-corrected chi connectivity index (χ3v) is 4.20. The summed E-state index contributed by atoms with van der Waals surface area (Å²) in [7, 11) is 0. The first-order valence-electron chi connectivity index (χ1n) is 6.93. The van der Waals surface area contributed by atoms with Crippen LogP contribution in [0.5, 0.6) is 0 Å². The molecule has 1 aromatic rings. The van der Waals surface area contributed by atoms with Crippen molar-refractivity contribution in [3.05, 3.63) is 11.4 Å². The van der Waals surface area contributed by atoms with E-state index in [1.54, 1.807) is 0 Å². The highest BCUT2D eigenvalue weighted by atomic mass is 15.4. The van der Waals surface area contributed by atoms with Crippen LogP contribution in [0.25, 0.3) is 0 Å². The number of hydrogen-bond donors (Lipinski definition) is 1. The summed E-state index contributed by atoms with van der Waals surface area (Å²) in [5.41, 5.74) is 1.92. The number of anilines is 1. The highest BCUT2D eigenvalue weighted by Gasteiger charge is 2.34. The largest absolute Gasteiger partial charge is 0.335 e. The minimum absolute atomic E-state index is 0.552. The fourth-order valence-corrected chi connectivity index (χ4v) is 3.07. The molecule has 0 aromatic carbocycles. The molecule has 0 bridgehead atoms. The van der Waals surface area contributed by atoms with Gasteiger partial charge in [-0.1, -0.05) is 0 Å². The molecule has 3 rings (SSSR count). The topological polar surface area (TPSA) is 53.9 Å². The highest BCUT2D eigenvalue weighted by Crippen LogP contribution is 2.27. The number of aromatic nitrogens is 3. The molecule has 2 fully saturated rings. The molecule has 2 aliphatic heterocycles. The van der Waals surface area contributed by atoms with Gasteiger partial charge in [0.15, 0.2) is 0 Å². The summed E-state index contributed by atoms with van der Waals surface area (Å²) >= 11 is 0. The van der Waals surface area contributed by atoms with Gasteiger partial charge in [0, 0.05) is 18.6 Å². The van der Waals surface area contributed by atoms with E-state index in [1.165, 1.54) is 25.7 Å². The fourth-order valence-electron chi connectivity index (χ4n) is 3.07. The molecule has 0 amide bonds. The minimum Gasteiger partial charge on any atom is -0.335 e. The Kier molecular flexibility index (Phi) is 3.16. The Morgan fingerprint density at radius 2 is 2.00 bits per heavy atom. The first-order chi connectivity index (χ1) is 8.75. The van der Waals surface area contributed by atoms with Crippen LogP contribution in [0.1, 0.15) is 37.1 Å². The van der Waals surface area contributed by atoms with Gasteiger partial charge in [-0.3, -0.25) is 0 Å². The Hall–Kier alpha value is -1.23. The fraction of sp³-hybridized carbons (Fsp3) is 0.769. The van der Waals surface area contributed by atoms with E-state index < -0.39 is 0 Å². The summed E-state index contributed by atoms with van der Waals surface area (Å²) < 4.78 is 0. The van der Waals surface area contributed by atoms with Gasteiger partial charge in [-0.25, -0.2) is 4.98 Å². The maximum absolute atomic E-state index is 4.60. The maximum atomic E-state index is 4.60. The van der Waals surface area contributed by atoms with Gasteiger partial charge in [-0.15, -0.1) is 5.10 Å². The van der Waals surface area contributed by atoms with Crippen LogP contribution >= 0.6 is 0 Å². The van der Waals surface area contributed by atoms with Gasteiger partial charge in [0.2, 0.25) is 5.95 Å². The Morgan fingerprint density at radius 3 is 2.72 bits per heavy atom. The first-order valence-corrected chi connectivity index (χ1v) is 6.93. The molecule has 1 N–H and O–H groups in total. The van der Waals surface area contributed by atoms with E-state index in [1.807, 2.05) is 13.8 Å². The van der Waals surface area contributed by atoms with Crippen LogP contribution in [0, 0.1) is 13.8 Å². The van der Waals surface area contributed by atoms with Gasteiger partial charge >= 0.3 is 0 Å². The predicted molar refractivity (Wildman–Crippen MR) is 70.7 cm³/mol. The van der Waals surface area contributed by atoms with Crippen molar-refractivity contribution >= 4 is 5.95 Å². The molecule has 2 aliphatic rings. The second-order valence-electron chi connectivity index (χ2n) is 5.39. The van der Waals surface area contributed by atoms with Crippen LogP contribution in [-0.4, -0.2) is 40.4 Å². The van der Waals surface area contributed by atoms with Crippen molar-refractivity contribution in [2.75, 3.05) is 18.0 Å². The minimum atomic E-state index is 0.552.